The summed E-state index contributed by atoms with van der Waals surface area (Å²) in [5, 5.41) is 2.93. The van der Waals surface area contributed by atoms with Crippen molar-refractivity contribution in [3.63, 3.8) is 0 Å². The van der Waals surface area contributed by atoms with Crippen molar-refractivity contribution in [2.45, 2.75) is 31.4 Å². The van der Waals surface area contributed by atoms with Gasteiger partial charge in [-0.15, -0.1) is 0 Å². The molecule has 1 saturated heterocycles. The Morgan fingerprint density at radius 1 is 1.27 bits per heavy atom. The van der Waals surface area contributed by atoms with Crippen LogP contribution < -0.4 is 5.32 Å². The molecule has 0 aromatic heterocycles. The first-order chi connectivity index (χ1) is 5.12. The van der Waals surface area contributed by atoms with E-state index < -0.39 is 18.5 Å². The van der Waals surface area contributed by atoms with E-state index >= 15 is 0 Å². The second-order valence-electron chi connectivity index (χ2n) is 3.00. The molecule has 0 saturated carbocycles. The molecule has 0 spiro atoms. The van der Waals surface area contributed by atoms with Crippen molar-refractivity contribution in [2.24, 2.45) is 0 Å². The highest BCUT2D eigenvalue weighted by Crippen LogP contribution is 2.29. The third-order valence-corrected chi connectivity index (χ3v) is 2.02. The zero-order chi connectivity index (χ0) is 8.32. The Morgan fingerprint density at radius 3 is 2.27 bits per heavy atom. The first-order valence-corrected chi connectivity index (χ1v) is 3.80. The summed E-state index contributed by atoms with van der Waals surface area (Å²) in [4.78, 5) is 0. The molecule has 4 heteroatoms. The van der Waals surface area contributed by atoms with Crippen molar-refractivity contribution < 1.29 is 13.2 Å². The maximum atomic E-state index is 13.3. The van der Waals surface area contributed by atoms with Crippen molar-refractivity contribution in [3.05, 3.63) is 0 Å². The Kier molecular flexibility index (Phi) is 2.76. The van der Waals surface area contributed by atoms with E-state index in [-0.39, 0.29) is 12.8 Å². The van der Waals surface area contributed by atoms with Gasteiger partial charge in [-0.3, -0.25) is 0 Å². The van der Waals surface area contributed by atoms with Gasteiger partial charge >= 0.3 is 0 Å². The van der Waals surface area contributed by atoms with Gasteiger partial charge in [-0.05, 0) is 25.9 Å². The highest BCUT2D eigenvalue weighted by molar-refractivity contribution is 4.85. The van der Waals surface area contributed by atoms with E-state index in [1.165, 1.54) is 0 Å². The van der Waals surface area contributed by atoms with E-state index in [2.05, 4.69) is 5.32 Å². The number of hydrogen-bond donors (Lipinski definition) is 1. The van der Waals surface area contributed by atoms with Gasteiger partial charge in [0, 0.05) is 6.42 Å². The van der Waals surface area contributed by atoms with Gasteiger partial charge in [0.05, 0.1) is 0 Å². The summed E-state index contributed by atoms with van der Waals surface area (Å²) in [7, 11) is 0. The minimum atomic E-state index is -2.52. The normalized spacial score (nSPS) is 24.0. The average molecular weight is 167 g/mol. The number of alkyl halides is 3. The molecule has 0 amide bonds. The summed E-state index contributed by atoms with van der Waals surface area (Å²) in [5.74, 6) is 0. The Labute approximate surface area is 64.0 Å². The summed E-state index contributed by atoms with van der Waals surface area (Å²) in [6.45, 7) is 1.03. The molecule has 0 unspecified atom stereocenters. The monoisotopic (exact) mass is 167 g/mol. The Balaban J connectivity index is 2.37. The molecule has 0 radical (unpaired) electrons. The fraction of sp³-hybridized carbons (Fsp3) is 1.00. The number of rotatable bonds is 2. The highest BCUT2D eigenvalue weighted by Gasteiger charge is 2.34. The average Bonchev–Trinajstić information content (AvgIpc) is 1.85. The Hall–Kier alpha value is -0.250. The number of nitrogens with one attached hydrogen (secondary N) is 1. The Morgan fingerprint density at radius 2 is 1.82 bits per heavy atom. The molecular formula is C7H12F3N. The molecule has 11 heavy (non-hydrogen) atoms. The predicted octanol–water partition coefficient (Wildman–Crippen LogP) is 1.73. The number of hydrogen-bond acceptors (Lipinski definition) is 1. The molecule has 1 heterocycles. The third kappa shape index (κ3) is 2.69. The van der Waals surface area contributed by atoms with Crippen molar-refractivity contribution in [3.8, 4) is 0 Å². The second-order valence-corrected chi connectivity index (χ2v) is 3.00. The molecule has 1 aliphatic heterocycles. The quantitative estimate of drug-likeness (QED) is 0.660. The van der Waals surface area contributed by atoms with E-state index in [0.717, 1.165) is 0 Å². The summed E-state index contributed by atoms with van der Waals surface area (Å²) >= 11 is 0. The van der Waals surface area contributed by atoms with Gasteiger partial charge in [0.15, 0.2) is 0 Å². The third-order valence-electron chi connectivity index (χ3n) is 2.02. The standard InChI is InChI=1S/C7H12F3N/c8-6(9)5-7(10)1-3-11-4-2-7/h6,11H,1-5H2. The molecule has 0 aromatic carbocycles. The first kappa shape index (κ1) is 8.84. The molecule has 1 nitrogen and oxygen atoms in total. The van der Waals surface area contributed by atoms with E-state index in [1.807, 2.05) is 0 Å². The van der Waals surface area contributed by atoms with Gasteiger partial charge in [0.1, 0.15) is 5.67 Å². The lowest BCUT2D eigenvalue weighted by Crippen LogP contribution is -2.39. The Bertz CT molecular complexity index is 121. The van der Waals surface area contributed by atoms with Crippen LogP contribution in [0.4, 0.5) is 13.2 Å². The summed E-state index contributed by atoms with van der Waals surface area (Å²) in [5.41, 5.74) is -1.61. The molecule has 1 fully saturated rings. The minimum absolute atomic E-state index is 0.220. The topological polar surface area (TPSA) is 12.0 Å². The first-order valence-electron chi connectivity index (χ1n) is 3.80. The number of piperidine rings is 1. The molecule has 1 rings (SSSR count). The van der Waals surface area contributed by atoms with Gasteiger partial charge in [-0.2, -0.15) is 0 Å². The maximum absolute atomic E-state index is 13.3. The molecule has 0 aromatic rings. The van der Waals surface area contributed by atoms with Crippen LogP contribution in [0.5, 0.6) is 0 Å². The maximum Gasteiger partial charge on any atom is 0.241 e. The van der Waals surface area contributed by atoms with Gasteiger partial charge < -0.3 is 5.32 Å². The van der Waals surface area contributed by atoms with Crippen LogP contribution in [-0.4, -0.2) is 25.2 Å². The smallest absolute Gasteiger partial charge is 0.241 e. The lowest BCUT2D eigenvalue weighted by Gasteiger charge is -2.29. The summed E-state index contributed by atoms with van der Waals surface area (Å²) in [6, 6.07) is 0. The SMILES string of the molecule is FC(F)CC1(F)CCNCC1. The van der Waals surface area contributed by atoms with Crippen molar-refractivity contribution in [1.82, 2.24) is 5.32 Å². The van der Waals surface area contributed by atoms with Gasteiger partial charge in [0.2, 0.25) is 6.43 Å². The van der Waals surface area contributed by atoms with E-state index in [0.29, 0.717) is 13.1 Å². The minimum Gasteiger partial charge on any atom is -0.316 e. The van der Waals surface area contributed by atoms with E-state index in [9.17, 15) is 13.2 Å². The largest absolute Gasteiger partial charge is 0.316 e. The van der Waals surface area contributed by atoms with Crippen molar-refractivity contribution in [2.75, 3.05) is 13.1 Å². The zero-order valence-corrected chi connectivity index (χ0v) is 6.25. The summed E-state index contributed by atoms with van der Waals surface area (Å²) in [6.07, 6.45) is -2.68. The van der Waals surface area contributed by atoms with Crippen LogP contribution in [0.2, 0.25) is 0 Å². The molecule has 0 aliphatic carbocycles. The molecule has 0 bridgehead atoms. The molecule has 0 atom stereocenters. The van der Waals surface area contributed by atoms with E-state index in [1.54, 1.807) is 0 Å². The van der Waals surface area contributed by atoms with Gasteiger partial charge in [-0.1, -0.05) is 0 Å². The van der Waals surface area contributed by atoms with Crippen LogP contribution in [0, 0.1) is 0 Å². The summed E-state index contributed by atoms with van der Waals surface area (Å²) < 4.78 is 36.9. The van der Waals surface area contributed by atoms with Gasteiger partial charge in [-0.25, -0.2) is 13.2 Å². The molecule has 1 aliphatic rings. The predicted molar refractivity (Wildman–Crippen MR) is 36.6 cm³/mol. The van der Waals surface area contributed by atoms with Crippen LogP contribution in [0.25, 0.3) is 0 Å². The van der Waals surface area contributed by atoms with Crippen LogP contribution in [0.3, 0.4) is 0 Å². The van der Waals surface area contributed by atoms with Crippen LogP contribution in [0.15, 0.2) is 0 Å². The zero-order valence-electron chi connectivity index (χ0n) is 6.25. The van der Waals surface area contributed by atoms with Crippen LogP contribution >= 0.6 is 0 Å². The lowest BCUT2D eigenvalue weighted by molar-refractivity contribution is 0.0232. The van der Waals surface area contributed by atoms with Crippen molar-refractivity contribution >= 4 is 0 Å². The fourth-order valence-corrected chi connectivity index (χ4v) is 1.36. The van der Waals surface area contributed by atoms with Crippen molar-refractivity contribution in [1.29, 1.82) is 0 Å². The molecular weight excluding hydrogens is 155 g/mol. The second kappa shape index (κ2) is 3.43. The lowest BCUT2D eigenvalue weighted by atomic mass is 9.91. The highest BCUT2D eigenvalue weighted by atomic mass is 19.3. The van der Waals surface area contributed by atoms with Crippen LogP contribution in [0.1, 0.15) is 19.3 Å². The fourth-order valence-electron chi connectivity index (χ4n) is 1.36. The van der Waals surface area contributed by atoms with E-state index in [4.69, 9.17) is 0 Å². The number of halogens is 3. The molecule has 66 valence electrons. The van der Waals surface area contributed by atoms with Crippen LogP contribution in [-0.2, 0) is 0 Å². The van der Waals surface area contributed by atoms with Gasteiger partial charge in [0.25, 0.3) is 0 Å². The molecule has 1 N–H and O–H groups in total.